The Morgan fingerprint density at radius 2 is 2.00 bits per heavy atom. The molecule has 2 aromatic carbocycles. The largest absolute Gasteiger partial charge is 0.493 e. The van der Waals surface area contributed by atoms with Gasteiger partial charge < -0.3 is 9.47 Å². The summed E-state index contributed by atoms with van der Waals surface area (Å²) < 4.78 is 11.8. The van der Waals surface area contributed by atoms with Gasteiger partial charge in [0.1, 0.15) is 11.7 Å². The normalized spacial score (nSPS) is 15.7. The van der Waals surface area contributed by atoms with Crippen LogP contribution in [0.25, 0.3) is 6.08 Å². The molecule has 0 saturated carbocycles. The number of hydrazone groups is 1. The van der Waals surface area contributed by atoms with Gasteiger partial charge in [-0.3, -0.25) is 15.2 Å². The number of fused-ring (bicyclic) bond motifs is 1. The van der Waals surface area contributed by atoms with E-state index in [1.807, 2.05) is 49.4 Å². The van der Waals surface area contributed by atoms with Gasteiger partial charge in [-0.2, -0.15) is 15.1 Å². The van der Waals surface area contributed by atoms with E-state index in [-0.39, 0.29) is 11.4 Å². The Morgan fingerprint density at radius 1 is 1.18 bits per heavy atom. The number of benzene rings is 2. The van der Waals surface area contributed by atoms with E-state index in [2.05, 4.69) is 21.7 Å². The second kappa shape index (κ2) is 10.9. The third-order valence-corrected chi connectivity index (χ3v) is 6.87. The van der Waals surface area contributed by atoms with Crippen LogP contribution in [0.4, 0.5) is 0 Å². The molecular formula is C29H25N5O3S. The van der Waals surface area contributed by atoms with E-state index in [9.17, 15) is 4.79 Å². The Labute approximate surface area is 224 Å². The summed E-state index contributed by atoms with van der Waals surface area (Å²) in [5.74, 6) is 0.591. The molecule has 0 unspecified atom stereocenters. The molecule has 1 amide bonds. The van der Waals surface area contributed by atoms with Crippen LogP contribution in [0, 0.1) is 12.3 Å². The van der Waals surface area contributed by atoms with Crippen LogP contribution in [-0.2, 0) is 17.8 Å². The number of ether oxygens (including phenoxy) is 2. The molecule has 9 heteroatoms. The van der Waals surface area contributed by atoms with Gasteiger partial charge in [0.25, 0.3) is 5.91 Å². The number of aromatic nitrogens is 1. The van der Waals surface area contributed by atoms with Crippen LogP contribution in [0.3, 0.4) is 0 Å². The maximum Gasteiger partial charge on any atom is 0.283 e. The van der Waals surface area contributed by atoms with Crippen molar-refractivity contribution in [2.75, 3.05) is 7.11 Å². The molecule has 38 heavy (non-hydrogen) atoms. The van der Waals surface area contributed by atoms with Crippen molar-refractivity contribution < 1.29 is 14.3 Å². The third-order valence-electron chi connectivity index (χ3n) is 5.92. The lowest BCUT2D eigenvalue weighted by Gasteiger charge is -2.20. The van der Waals surface area contributed by atoms with Crippen molar-refractivity contribution in [3.63, 3.8) is 0 Å². The first kappa shape index (κ1) is 25.2. The maximum absolute atomic E-state index is 12.9. The molecule has 0 aliphatic carbocycles. The zero-order valence-corrected chi connectivity index (χ0v) is 21.8. The lowest BCUT2D eigenvalue weighted by Crippen LogP contribution is -2.35. The van der Waals surface area contributed by atoms with Crippen molar-refractivity contribution >= 4 is 39.8 Å². The molecule has 190 valence electrons. The lowest BCUT2D eigenvalue weighted by atomic mass is 10.0. The Morgan fingerprint density at radius 3 is 2.71 bits per heavy atom. The Kier molecular flexibility index (Phi) is 7.19. The summed E-state index contributed by atoms with van der Waals surface area (Å²) >= 11 is 1.23. The van der Waals surface area contributed by atoms with Gasteiger partial charge in [0.2, 0.25) is 5.17 Å². The number of allylic oxidation sites excluding steroid dienone is 1. The summed E-state index contributed by atoms with van der Waals surface area (Å²) in [6.45, 7) is 6.30. The van der Waals surface area contributed by atoms with Gasteiger partial charge in [0, 0.05) is 23.5 Å². The van der Waals surface area contributed by atoms with Gasteiger partial charge >= 0.3 is 0 Å². The monoisotopic (exact) mass is 523 g/mol. The van der Waals surface area contributed by atoms with E-state index in [0.717, 1.165) is 16.7 Å². The number of aryl methyl sites for hydroxylation is 1. The second-order valence-corrected chi connectivity index (χ2v) is 9.60. The number of nitrogens with zero attached hydrogens (tertiary/aromatic N) is 4. The number of rotatable bonds is 8. The van der Waals surface area contributed by atoms with Crippen molar-refractivity contribution in [1.82, 2.24) is 9.99 Å². The number of pyridine rings is 1. The lowest BCUT2D eigenvalue weighted by molar-refractivity contribution is -0.114. The molecule has 0 fully saturated rings. The molecule has 2 aliphatic heterocycles. The molecule has 1 aromatic heterocycles. The molecule has 3 aromatic rings. The number of hydrogen-bond donors (Lipinski definition) is 1. The highest BCUT2D eigenvalue weighted by Crippen LogP contribution is 2.36. The first-order valence-corrected chi connectivity index (χ1v) is 12.7. The highest BCUT2D eigenvalue weighted by molar-refractivity contribution is 8.27. The van der Waals surface area contributed by atoms with Crippen LogP contribution in [0.1, 0.15) is 27.8 Å². The third kappa shape index (κ3) is 5.14. The highest BCUT2D eigenvalue weighted by atomic mass is 32.2. The minimum Gasteiger partial charge on any atom is -0.493 e. The van der Waals surface area contributed by atoms with Gasteiger partial charge in [-0.05, 0) is 66.6 Å². The predicted octanol–water partition coefficient (Wildman–Crippen LogP) is 5.37. The molecule has 0 spiro atoms. The first-order chi connectivity index (χ1) is 18.5. The number of amides is 1. The van der Waals surface area contributed by atoms with Crippen LogP contribution in [0.15, 0.2) is 89.2 Å². The van der Waals surface area contributed by atoms with E-state index < -0.39 is 5.91 Å². The van der Waals surface area contributed by atoms with Crippen molar-refractivity contribution in [3.05, 3.63) is 107 Å². The Bertz CT molecular complexity index is 1510. The minimum atomic E-state index is -0.500. The number of carbonyl (C=O) groups excluding carboxylic acids is 1. The Balaban J connectivity index is 1.45. The van der Waals surface area contributed by atoms with E-state index >= 15 is 0 Å². The molecule has 5 rings (SSSR count). The topological polar surface area (TPSA) is 100 Å². The van der Waals surface area contributed by atoms with Gasteiger partial charge in [-0.1, -0.05) is 35.9 Å². The molecule has 0 radical (unpaired) electrons. The molecule has 0 atom stereocenters. The van der Waals surface area contributed by atoms with Gasteiger partial charge in [0.15, 0.2) is 17.3 Å². The number of thioether (sulfide) groups is 1. The highest BCUT2D eigenvalue weighted by Gasteiger charge is 2.36. The molecule has 8 nitrogen and oxygen atoms in total. The quantitative estimate of drug-likeness (QED) is 0.315. The zero-order chi connectivity index (χ0) is 26.6. The van der Waals surface area contributed by atoms with Crippen molar-refractivity contribution in [3.8, 4) is 11.5 Å². The summed E-state index contributed by atoms with van der Waals surface area (Å²) in [5.41, 5.74) is 4.67. The van der Waals surface area contributed by atoms with E-state index in [0.29, 0.717) is 40.3 Å². The first-order valence-electron chi connectivity index (χ1n) is 11.9. The fourth-order valence-electron chi connectivity index (χ4n) is 3.99. The Hall–Kier alpha value is -4.50. The molecule has 3 heterocycles. The molecule has 2 aliphatic rings. The average molecular weight is 524 g/mol. The van der Waals surface area contributed by atoms with Crippen LogP contribution < -0.4 is 9.47 Å². The maximum atomic E-state index is 12.9. The molecule has 1 N–H and O–H groups in total. The van der Waals surface area contributed by atoms with Gasteiger partial charge in [-0.15, -0.1) is 6.58 Å². The fraction of sp³-hybridized carbons (Fsp3) is 0.138. The van der Waals surface area contributed by atoms with Gasteiger partial charge in [0.05, 0.1) is 12.7 Å². The molecule has 0 saturated heterocycles. The number of methoxy groups -OCH3 is 1. The smallest absolute Gasteiger partial charge is 0.283 e. The molecular weight excluding hydrogens is 498 g/mol. The van der Waals surface area contributed by atoms with E-state index in [1.54, 1.807) is 37.7 Å². The van der Waals surface area contributed by atoms with Crippen LogP contribution >= 0.6 is 11.8 Å². The number of aliphatic imine (C=N–C) groups is 1. The van der Waals surface area contributed by atoms with Crippen molar-refractivity contribution in [2.24, 2.45) is 10.1 Å². The summed E-state index contributed by atoms with van der Waals surface area (Å²) in [4.78, 5) is 21.2. The predicted molar refractivity (Wildman–Crippen MR) is 151 cm³/mol. The number of hydrogen-bond acceptors (Lipinski definition) is 7. The van der Waals surface area contributed by atoms with Crippen LogP contribution in [0.2, 0.25) is 0 Å². The van der Waals surface area contributed by atoms with Crippen molar-refractivity contribution in [2.45, 2.75) is 20.0 Å². The van der Waals surface area contributed by atoms with Gasteiger partial charge in [-0.25, -0.2) is 0 Å². The minimum absolute atomic E-state index is 0.0460. The average Bonchev–Trinajstić information content (AvgIpc) is 3.36. The van der Waals surface area contributed by atoms with Crippen LogP contribution in [-0.4, -0.2) is 39.1 Å². The SMILES string of the molecule is C=CCc1cc(C=C2C(=N)N3N=C(c4cccnc4)SC3=NC2=O)cc(OC)c1OCc1ccc(C)cc1. The number of amidine groups is 2. The summed E-state index contributed by atoms with van der Waals surface area (Å²) in [6, 6.07) is 15.5. The standard InChI is InChI=1S/C29H25N5O3S/c1-4-6-21-13-20(15-24(36-3)25(21)37-17-19-10-8-18(2)9-11-19)14-23-26(30)34-29(32-27(23)35)38-28(33-34)22-7-5-12-31-16-22/h4-5,7-16,30H,1,6,17H2,2-3H3. The van der Waals surface area contributed by atoms with Crippen LogP contribution in [0.5, 0.6) is 11.5 Å². The summed E-state index contributed by atoms with van der Waals surface area (Å²) in [7, 11) is 1.57. The zero-order valence-electron chi connectivity index (χ0n) is 21.0. The number of carbonyl (C=O) groups is 1. The van der Waals surface area contributed by atoms with E-state index in [1.165, 1.54) is 22.3 Å². The molecule has 0 bridgehead atoms. The summed E-state index contributed by atoms with van der Waals surface area (Å²) in [5, 5.41) is 15.6. The summed E-state index contributed by atoms with van der Waals surface area (Å²) in [6.07, 6.45) is 7.31. The fourth-order valence-corrected chi connectivity index (χ4v) is 4.88. The second-order valence-electron chi connectivity index (χ2n) is 8.65. The van der Waals surface area contributed by atoms with E-state index in [4.69, 9.17) is 14.9 Å². The number of nitrogens with one attached hydrogen (secondary N) is 1. The van der Waals surface area contributed by atoms with Crippen molar-refractivity contribution in [1.29, 1.82) is 5.41 Å².